The minimum absolute atomic E-state index is 0.0349. The third kappa shape index (κ3) is 4.09. The average molecular weight is 401 g/mol. The van der Waals surface area contributed by atoms with Crippen molar-refractivity contribution in [1.82, 2.24) is 9.88 Å². The van der Waals surface area contributed by atoms with Crippen molar-refractivity contribution in [1.29, 1.82) is 0 Å². The minimum Gasteiger partial charge on any atom is -0.481 e. The number of benzene rings is 2. The number of ether oxygens (including phenoxy) is 1. The zero-order valence-electron chi connectivity index (χ0n) is 15.1. The van der Waals surface area contributed by atoms with Crippen LogP contribution in [0.5, 0.6) is 5.75 Å². The predicted molar refractivity (Wildman–Crippen MR) is 110 cm³/mol. The highest BCUT2D eigenvalue weighted by atomic mass is 35.5. The number of carbonyl (C=O) groups is 1. The number of piperidine rings is 1. The SMILES string of the molecule is CC(Oc1ccc(Cl)cc1)C(=O)N1CCC(c2nc3ccccc3s2)CC1. The smallest absolute Gasteiger partial charge is 0.263 e. The Morgan fingerprint density at radius 3 is 2.59 bits per heavy atom. The molecule has 1 aliphatic heterocycles. The summed E-state index contributed by atoms with van der Waals surface area (Å²) in [6, 6.07) is 15.3. The first-order valence-electron chi connectivity index (χ1n) is 9.16. The van der Waals surface area contributed by atoms with Crippen LogP contribution in [0.1, 0.15) is 30.7 Å². The molecule has 1 amide bonds. The number of amides is 1. The Labute approximate surface area is 167 Å². The standard InChI is InChI=1S/C21H21ClN2O2S/c1-14(26-17-8-6-16(22)7-9-17)21(25)24-12-10-15(11-13-24)20-23-18-4-2-3-5-19(18)27-20/h2-9,14-15H,10-13H2,1H3. The van der Waals surface area contributed by atoms with Crippen LogP contribution in [0, 0.1) is 0 Å². The minimum atomic E-state index is -0.509. The van der Waals surface area contributed by atoms with Crippen LogP contribution in [0.25, 0.3) is 10.2 Å². The van der Waals surface area contributed by atoms with Crippen LogP contribution < -0.4 is 4.74 Å². The summed E-state index contributed by atoms with van der Waals surface area (Å²) in [5.41, 5.74) is 1.07. The normalized spacial score (nSPS) is 16.4. The lowest BCUT2D eigenvalue weighted by Crippen LogP contribution is -2.44. The Balaban J connectivity index is 1.35. The summed E-state index contributed by atoms with van der Waals surface area (Å²) in [6.45, 7) is 3.29. The fourth-order valence-electron chi connectivity index (χ4n) is 3.44. The molecule has 1 atom stereocenters. The fraction of sp³-hybridized carbons (Fsp3) is 0.333. The molecule has 140 valence electrons. The molecule has 0 N–H and O–H groups in total. The van der Waals surface area contributed by atoms with Gasteiger partial charge < -0.3 is 9.64 Å². The van der Waals surface area contributed by atoms with Gasteiger partial charge >= 0.3 is 0 Å². The summed E-state index contributed by atoms with van der Waals surface area (Å²) in [4.78, 5) is 19.4. The number of para-hydroxylation sites is 1. The molecule has 2 aromatic carbocycles. The molecule has 0 bridgehead atoms. The molecule has 0 spiro atoms. The molecule has 2 heterocycles. The molecule has 27 heavy (non-hydrogen) atoms. The van der Waals surface area contributed by atoms with E-state index in [9.17, 15) is 4.79 Å². The van der Waals surface area contributed by atoms with Gasteiger partial charge in [0.05, 0.1) is 15.2 Å². The second kappa shape index (κ2) is 7.87. The van der Waals surface area contributed by atoms with Crippen LogP contribution in [-0.2, 0) is 4.79 Å². The summed E-state index contributed by atoms with van der Waals surface area (Å²) in [5.74, 6) is 1.12. The molecule has 6 heteroatoms. The van der Waals surface area contributed by atoms with Crippen molar-refractivity contribution in [2.75, 3.05) is 13.1 Å². The van der Waals surface area contributed by atoms with Gasteiger partial charge in [-0.15, -0.1) is 11.3 Å². The summed E-state index contributed by atoms with van der Waals surface area (Å²) < 4.78 is 7.01. The van der Waals surface area contributed by atoms with E-state index in [0.29, 0.717) is 16.7 Å². The van der Waals surface area contributed by atoms with Gasteiger partial charge in [-0.3, -0.25) is 4.79 Å². The van der Waals surface area contributed by atoms with Gasteiger partial charge in [-0.2, -0.15) is 0 Å². The number of rotatable bonds is 4. The van der Waals surface area contributed by atoms with Crippen LogP contribution in [0.3, 0.4) is 0 Å². The molecular formula is C21H21ClN2O2S. The fourth-order valence-corrected chi connectivity index (χ4v) is 4.70. The van der Waals surface area contributed by atoms with Gasteiger partial charge in [0.25, 0.3) is 5.91 Å². The lowest BCUT2D eigenvalue weighted by Gasteiger charge is -2.32. The van der Waals surface area contributed by atoms with E-state index in [0.717, 1.165) is 31.4 Å². The zero-order chi connectivity index (χ0) is 18.8. The number of hydrogen-bond donors (Lipinski definition) is 0. The van der Waals surface area contributed by atoms with Gasteiger partial charge in [0, 0.05) is 24.0 Å². The Kier molecular flexibility index (Phi) is 5.32. The largest absolute Gasteiger partial charge is 0.481 e. The number of nitrogens with zero attached hydrogens (tertiary/aromatic N) is 2. The number of hydrogen-bond acceptors (Lipinski definition) is 4. The Hall–Kier alpha value is -2.11. The van der Waals surface area contributed by atoms with Gasteiger partial charge in [-0.25, -0.2) is 4.98 Å². The predicted octanol–water partition coefficient (Wildman–Crippen LogP) is 5.12. The summed E-state index contributed by atoms with van der Waals surface area (Å²) in [5, 5.41) is 1.84. The van der Waals surface area contributed by atoms with Crippen molar-refractivity contribution in [2.24, 2.45) is 0 Å². The second-order valence-electron chi connectivity index (χ2n) is 6.83. The Morgan fingerprint density at radius 1 is 1.19 bits per heavy atom. The Morgan fingerprint density at radius 2 is 1.89 bits per heavy atom. The molecule has 3 aromatic rings. The lowest BCUT2D eigenvalue weighted by atomic mass is 9.97. The lowest BCUT2D eigenvalue weighted by molar-refractivity contribution is -0.139. The maximum absolute atomic E-state index is 12.7. The molecular weight excluding hydrogens is 380 g/mol. The monoisotopic (exact) mass is 400 g/mol. The number of carbonyl (C=O) groups excluding carboxylic acids is 1. The van der Waals surface area contributed by atoms with Gasteiger partial charge in [-0.1, -0.05) is 23.7 Å². The third-order valence-corrected chi connectivity index (χ3v) is 6.39. The van der Waals surface area contributed by atoms with Crippen LogP contribution >= 0.6 is 22.9 Å². The molecule has 1 fully saturated rings. The number of thiazole rings is 1. The number of fused-ring (bicyclic) bond motifs is 1. The van der Waals surface area contributed by atoms with Crippen LogP contribution in [0.15, 0.2) is 48.5 Å². The highest BCUT2D eigenvalue weighted by Gasteiger charge is 2.29. The number of aromatic nitrogens is 1. The number of halogens is 1. The van der Waals surface area contributed by atoms with Crippen LogP contribution in [-0.4, -0.2) is 35.0 Å². The van der Waals surface area contributed by atoms with Crippen LogP contribution in [0.2, 0.25) is 5.02 Å². The molecule has 0 radical (unpaired) electrons. The van der Waals surface area contributed by atoms with Crippen LogP contribution in [0.4, 0.5) is 0 Å². The zero-order valence-corrected chi connectivity index (χ0v) is 16.7. The van der Waals surface area contributed by atoms with Gasteiger partial charge in [0.2, 0.25) is 0 Å². The summed E-state index contributed by atoms with van der Waals surface area (Å²) in [6.07, 6.45) is 1.38. The summed E-state index contributed by atoms with van der Waals surface area (Å²) >= 11 is 7.66. The van der Waals surface area contributed by atoms with E-state index >= 15 is 0 Å². The van der Waals surface area contributed by atoms with E-state index in [2.05, 4.69) is 12.1 Å². The third-order valence-electron chi connectivity index (χ3n) is 4.94. The highest BCUT2D eigenvalue weighted by Crippen LogP contribution is 2.34. The Bertz CT molecular complexity index is 900. The van der Waals surface area contributed by atoms with Crippen molar-refractivity contribution < 1.29 is 9.53 Å². The van der Waals surface area contributed by atoms with E-state index in [1.165, 1.54) is 9.71 Å². The van der Waals surface area contributed by atoms with Crippen molar-refractivity contribution in [2.45, 2.75) is 31.8 Å². The quantitative estimate of drug-likeness (QED) is 0.610. The second-order valence-corrected chi connectivity index (χ2v) is 8.33. The molecule has 0 aliphatic carbocycles. The van der Waals surface area contributed by atoms with Crippen molar-refractivity contribution in [3.8, 4) is 5.75 Å². The van der Waals surface area contributed by atoms with Crippen molar-refractivity contribution >= 4 is 39.1 Å². The maximum Gasteiger partial charge on any atom is 0.263 e. The molecule has 0 saturated carbocycles. The summed E-state index contributed by atoms with van der Waals surface area (Å²) in [7, 11) is 0. The first-order valence-corrected chi connectivity index (χ1v) is 10.4. The van der Waals surface area contributed by atoms with Gasteiger partial charge in [0.1, 0.15) is 5.75 Å². The molecule has 1 saturated heterocycles. The van der Waals surface area contributed by atoms with Crippen molar-refractivity contribution in [3.63, 3.8) is 0 Å². The molecule has 1 unspecified atom stereocenters. The molecule has 4 rings (SSSR count). The number of likely N-dealkylation sites (tertiary alicyclic amines) is 1. The van der Waals surface area contributed by atoms with Crippen molar-refractivity contribution in [3.05, 3.63) is 58.6 Å². The van der Waals surface area contributed by atoms with E-state index in [1.54, 1.807) is 42.5 Å². The van der Waals surface area contributed by atoms with E-state index in [4.69, 9.17) is 21.3 Å². The maximum atomic E-state index is 12.7. The first-order chi connectivity index (χ1) is 13.1. The van der Waals surface area contributed by atoms with Gasteiger partial charge in [0.15, 0.2) is 6.10 Å². The van der Waals surface area contributed by atoms with E-state index in [-0.39, 0.29) is 5.91 Å². The molecule has 1 aliphatic rings. The van der Waals surface area contributed by atoms with E-state index in [1.807, 2.05) is 17.0 Å². The highest BCUT2D eigenvalue weighted by molar-refractivity contribution is 7.18. The molecule has 1 aromatic heterocycles. The first kappa shape index (κ1) is 18.3. The topological polar surface area (TPSA) is 42.4 Å². The molecule has 4 nitrogen and oxygen atoms in total. The average Bonchev–Trinajstić information content (AvgIpc) is 3.13. The van der Waals surface area contributed by atoms with E-state index < -0.39 is 6.10 Å². The van der Waals surface area contributed by atoms with Gasteiger partial charge in [-0.05, 0) is 56.2 Å².